The van der Waals surface area contributed by atoms with Crippen LogP contribution in [-0.4, -0.2) is 14.5 Å². The van der Waals surface area contributed by atoms with Gasteiger partial charge in [-0.2, -0.15) is 0 Å². The van der Waals surface area contributed by atoms with Crippen molar-refractivity contribution in [3.63, 3.8) is 0 Å². The molecule has 0 aliphatic heterocycles. The maximum Gasteiger partial charge on any atom is 0.180 e. The van der Waals surface area contributed by atoms with Crippen LogP contribution in [0.2, 0.25) is 0 Å². The Kier molecular flexibility index (Phi) is 2.38. The van der Waals surface area contributed by atoms with E-state index in [0.717, 1.165) is 21.9 Å². The molecular weight excluding hydrogens is 244 g/mol. The molecule has 0 unspecified atom stereocenters. The topological polar surface area (TPSA) is 56.7 Å². The zero-order valence-corrected chi connectivity index (χ0v) is 11.4. The molecule has 1 aromatic carbocycles. The number of para-hydroxylation sites is 1. The van der Waals surface area contributed by atoms with Crippen molar-refractivity contribution >= 4 is 27.5 Å². The highest BCUT2D eigenvalue weighted by molar-refractivity contribution is 7.18. The first-order chi connectivity index (χ1) is 8.58. The monoisotopic (exact) mass is 258 g/mol. The Hall–Kier alpha value is -1.88. The molecule has 0 amide bonds. The molecule has 92 valence electrons. The second-order valence-corrected chi connectivity index (χ2v) is 5.43. The number of aromatic nitrogens is 3. The van der Waals surface area contributed by atoms with Crippen LogP contribution in [-0.2, 0) is 7.05 Å². The number of thiazole rings is 1. The number of hydrogen-bond donors (Lipinski definition) is 1. The fraction of sp³-hybridized carbons (Fsp3) is 0.231. The molecule has 2 N–H and O–H groups in total. The summed E-state index contributed by atoms with van der Waals surface area (Å²) in [5.74, 6) is 0.936. The fourth-order valence-corrected chi connectivity index (χ4v) is 3.15. The number of nitrogens with two attached hydrogens (primary N) is 1. The number of aryl methyl sites for hydroxylation is 3. The SMILES string of the molecule is Cc1nc(N)sc1-c1nc2cccc(C)c2n1C. The van der Waals surface area contributed by atoms with Crippen LogP contribution >= 0.6 is 11.3 Å². The van der Waals surface area contributed by atoms with Crippen molar-refractivity contribution in [1.82, 2.24) is 14.5 Å². The average molecular weight is 258 g/mol. The minimum absolute atomic E-state index is 0.589. The molecule has 0 aliphatic rings. The average Bonchev–Trinajstić information content (AvgIpc) is 2.80. The van der Waals surface area contributed by atoms with Crippen LogP contribution in [0.1, 0.15) is 11.3 Å². The Labute approximate surface area is 109 Å². The van der Waals surface area contributed by atoms with E-state index in [4.69, 9.17) is 10.7 Å². The molecule has 0 fully saturated rings. The summed E-state index contributed by atoms with van der Waals surface area (Å²) in [4.78, 5) is 10.0. The highest BCUT2D eigenvalue weighted by Crippen LogP contribution is 2.32. The lowest BCUT2D eigenvalue weighted by molar-refractivity contribution is 0.956. The van der Waals surface area contributed by atoms with Gasteiger partial charge in [-0.3, -0.25) is 0 Å². The molecule has 3 rings (SSSR count). The van der Waals surface area contributed by atoms with Crippen molar-refractivity contribution in [3.05, 3.63) is 29.5 Å². The second-order valence-electron chi connectivity index (χ2n) is 4.40. The predicted molar refractivity (Wildman–Crippen MR) is 75.7 cm³/mol. The van der Waals surface area contributed by atoms with Crippen LogP contribution in [0.25, 0.3) is 21.7 Å². The number of benzene rings is 1. The highest BCUT2D eigenvalue weighted by Gasteiger charge is 2.16. The zero-order valence-electron chi connectivity index (χ0n) is 10.6. The number of nitrogen functional groups attached to an aromatic ring is 1. The first-order valence-corrected chi connectivity index (χ1v) is 6.55. The number of nitrogens with zero attached hydrogens (tertiary/aromatic N) is 3. The van der Waals surface area contributed by atoms with Gasteiger partial charge in [0.2, 0.25) is 0 Å². The fourth-order valence-electron chi connectivity index (χ4n) is 2.29. The van der Waals surface area contributed by atoms with Crippen LogP contribution in [0.4, 0.5) is 5.13 Å². The summed E-state index contributed by atoms with van der Waals surface area (Å²) in [6.45, 7) is 4.07. The molecule has 0 saturated heterocycles. The molecule has 2 heterocycles. The zero-order chi connectivity index (χ0) is 12.9. The van der Waals surface area contributed by atoms with Gasteiger partial charge >= 0.3 is 0 Å². The van der Waals surface area contributed by atoms with Gasteiger partial charge in [0.15, 0.2) is 11.0 Å². The summed E-state index contributed by atoms with van der Waals surface area (Å²) in [7, 11) is 2.03. The smallest absolute Gasteiger partial charge is 0.180 e. The van der Waals surface area contributed by atoms with E-state index in [1.807, 2.05) is 26.1 Å². The van der Waals surface area contributed by atoms with Crippen molar-refractivity contribution in [2.45, 2.75) is 13.8 Å². The van der Waals surface area contributed by atoms with Crippen molar-refractivity contribution in [1.29, 1.82) is 0 Å². The summed E-state index contributed by atoms with van der Waals surface area (Å²) in [6.07, 6.45) is 0. The molecule has 4 nitrogen and oxygen atoms in total. The second kappa shape index (κ2) is 3.81. The number of imidazole rings is 1. The number of fused-ring (bicyclic) bond motifs is 1. The van der Waals surface area contributed by atoms with E-state index in [1.54, 1.807) is 0 Å². The van der Waals surface area contributed by atoms with Crippen LogP contribution in [0, 0.1) is 13.8 Å². The van der Waals surface area contributed by atoms with E-state index in [2.05, 4.69) is 22.5 Å². The molecule has 0 aliphatic carbocycles. The Morgan fingerprint density at radius 2 is 2.00 bits per heavy atom. The Morgan fingerprint density at radius 3 is 2.61 bits per heavy atom. The van der Waals surface area contributed by atoms with E-state index in [1.165, 1.54) is 22.4 Å². The summed E-state index contributed by atoms with van der Waals surface area (Å²) >= 11 is 1.49. The van der Waals surface area contributed by atoms with Gasteiger partial charge in [0, 0.05) is 7.05 Å². The van der Waals surface area contributed by atoms with Gasteiger partial charge in [-0.25, -0.2) is 9.97 Å². The van der Waals surface area contributed by atoms with Gasteiger partial charge in [0.05, 0.1) is 21.6 Å². The summed E-state index contributed by atoms with van der Waals surface area (Å²) in [5.41, 5.74) is 10.1. The van der Waals surface area contributed by atoms with Gasteiger partial charge in [-0.15, -0.1) is 0 Å². The molecular formula is C13H14N4S. The van der Waals surface area contributed by atoms with E-state index < -0.39 is 0 Å². The summed E-state index contributed by atoms with van der Waals surface area (Å²) < 4.78 is 2.12. The maximum absolute atomic E-state index is 5.76. The van der Waals surface area contributed by atoms with Crippen molar-refractivity contribution < 1.29 is 0 Å². The van der Waals surface area contributed by atoms with Gasteiger partial charge in [0.25, 0.3) is 0 Å². The first-order valence-electron chi connectivity index (χ1n) is 5.73. The van der Waals surface area contributed by atoms with Gasteiger partial charge in [-0.05, 0) is 25.5 Å². The minimum atomic E-state index is 0.589. The first kappa shape index (κ1) is 11.2. The van der Waals surface area contributed by atoms with Crippen molar-refractivity contribution in [2.75, 3.05) is 5.73 Å². The largest absolute Gasteiger partial charge is 0.375 e. The van der Waals surface area contributed by atoms with Crippen LogP contribution in [0.15, 0.2) is 18.2 Å². The predicted octanol–water partition coefficient (Wildman–Crippen LogP) is 2.90. The highest BCUT2D eigenvalue weighted by atomic mass is 32.1. The van der Waals surface area contributed by atoms with Crippen LogP contribution < -0.4 is 5.73 Å². The molecule has 3 aromatic rings. The minimum Gasteiger partial charge on any atom is -0.375 e. The van der Waals surface area contributed by atoms with E-state index in [-0.39, 0.29) is 0 Å². The quantitative estimate of drug-likeness (QED) is 0.730. The number of rotatable bonds is 1. The van der Waals surface area contributed by atoms with Gasteiger partial charge < -0.3 is 10.3 Å². The number of anilines is 1. The van der Waals surface area contributed by atoms with Crippen LogP contribution in [0.5, 0.6) is 0 Å². The lowest BCUT2D eigenvalue weighted by Crippen LogP contribution is -1.93. The molecule has 0 saturated carbocycles. The van der Waals surface area contributed by atoms with E-state index in [0.29, 0.717) is 5.13 Å². The normalized spacial score (nSPS) is 11.3. The molecule has 5 heteroatoms. The summed E-state index contributed by atoms with van der Waals surface area (Å²) in [5, 5.41) is 0.589. The van der Waals surface area contributed by atoms with Crippen LogP contribution in [0.3, 0.4) is 0 Å². The maximum atomic E-state index is 5.76. The molecule has 0 spiro atoms. The molecule has 0 radical (unpaired) electrons. The lowest BCUT2D eigenvalue weighted by Gasteiger charge is -2.02. The van der Waals surface area contributed by atoms with Crippen molar-refractivity contribution in [3.8, 4) is 10.7 Å². The third kappa shape index (κ3) is 1.51. The number of hydrogen-bond acceptors (Lipinski definition) is 4. The van der Waals surface area contributed by atoms with E-state index in [9.17, 15) is 0 Å². The molecule has 18 heavy (non-hydrogen) atoms. The Morgan fingerprint density at radius 1 is 1.22 bits per heavy atom. The standard InChI is InChI=1S/C13H14N4S/c1-7-5-4-6-9-10(7)17(3)12(16-9)11-8(2)15-13(14)18-11/h4-6H,1-3H3,(H2,14,15). The summed E-state index contributed by atoms with van der Waals surface area (Å²) in [6, 6.07) is 6.16. The Bertz CT molecular complexity index is 739. The van der Waals surface area contributed by atoms with Crippen molar-refractivity contribution in [2.24, 2.45) is 7.05 Å². The molecule has 0 atom stereocenters. The van der Waals surface area contributed by atoms with E-state index >= 15 is 0 Å². The van der Waals surface area contributed by atoms with Gasteiger partial charge in [-0.1, -0.05) is 23.5 Å². The molecule has 0 bridgehead atoms. The third-order valence-corrected chi connectivity index (χ3v) is 4.09. The van der Waals surface area contributed by atoms with Gasteiger partial charge in [0.1, 0.15) is 0 Å². The lowest BCUT2D eigenvalue weighted by atomic mass is 10.2. The Balaban J connectivity index is 2.34. The molecule has 2 aromatic heterocycles. The third-order valence-electron chi connectivity index (χ3n) is 3.11.